The number of cyclic esters (lactones) is 1. The molecule has 270 valence electrons. The normalized spacial score (nSPS) is 34.6. The fraction of sp³-hybridized carbons (Fsp3) is 0.919. The van der Waals surface area contributed by atoms with E-state index in [0.29, 0.717) is 30.7 Å². The molecule has 3 aliphatic rings. The predicted octanol–water partition coefficient (Wildman–Crippen LogP) is 5.87. The SMILES string of the molecule is CC.C[C@@H]1C[C@@H](C)CN(C)CCN(C(=O)[C@H]2CCCN2C)CCCCOC(=O)C(C)(C)C(=O)[C@H](C)C1.C[C@H]1[C@H](O)O[C@H](C)C[C@@H]1C. The van der Waals surface area contributed by atoms with E-state index in [1.807, 2.05) is 46.6 Å². The van der Waals surface area contributed by atoms with Crippen LogP contribution in [-0.2, 0) is 23.9 Å². The van der Waals surface area contributed by atoms with Crippen molar-refractivity contribution in [1.29, 1.82) is 0 Å². The van der Waals surface area contributed by atoms with Gasteiger partial charge in [-0.25, -0.2) is 0 Å². The minimum Gasteiger partial charge on any atom is -0.465 e. The Bertz CT molecular complexity index is 902. The van der Waals surface area contributed by atoms with Crippen molar-refractivity contribution in [3.63, 3.8) is 0 Å². The molecule has 0 spiro atoms. The number of amides is 1. The van der Waals surface area contributed by atoms with E-state index < -0.39 is 17.7 Å². The van der Waals surface area contributed by atoms with Crippen molar-refractivity contribution >= 4 is 17.7 Å². The number of ketones is 1. The number of Topliss-reactive ketones (excluding diaryl/α,β-unsaturated/α-hetero) is 1. The minimum atomic E-state index is -1.13. The van der Waals surface area contributed by atoms with Gasteiger partial charge in [-0.2, -0.15) is 0 Å². The number of carbonyl (C=O) groups excluding carboxylic acids is 3. The summed E-state index contributed by atoms with van der Waals surface area (Å²) in [6.07, 6.45) is 6.01. The van der Waals surface area contributed by atoms with Crippen molar-refractivity contribution in [3.8, 4) is 0 Å². The van der Waals surface area contributed by atoms with Gasteiger partial charge in [-0.1, -0.05) is 48.5 Å². The van der Waals surface area contributed by atoms with Crippen molar-refractivity contribution < 1.29 is 29.0 Å². The first kappa shape index (κ1) is 42.5. The summed E-state index contributed by atoms with van der Waals surface area (Å²) in [6, 6.07) is -0.0189. The molecule has 9 heteroatoms. The molecule has 0 aromatic rings. The quantitative estimate of drug-likeness (QED) is 0.277. The highest BCUT2D eigenvalue weighted by Gasteiger charge is 2.40. The zero-order valence-corrected chi connectivity index (χ0v) is 31.6. The van der Waals surface area contributed by atoms with Crippen LogP contribution in [0.5, 0.6) is 0 Å². The zero-order valence-electron chi connectivity index (χ0n) is 31.6. The monoisotopic (exact) mass is 654 g/mol. The Morgan fingerprint density at radius 2 is 1.50 bits per heavy atom. The molecule has 1 amide bonds. The fourth-order valence-electron chi connectivity index (χ4n) is 7.15. The second kappa shape index (κ2) is 20.7. The first-order chi connectivity index (χ1) is 21.5. The molecule has 3 rings (SSSR count). The lowest BCUT2D eigenvalue weighted by atomic mass is 9.78. The van der Waals surface area contributed by atoms with E-state index in [9.17, 15) is 19.5 Å². The van der Waals surface area contributed by atoms with Crippen LogP contribution in [0.2, 0.25) is 0 Å². The number of aliphatic hydroxyl groups excluding tert-OH is 1. The Kier molecular flexibility index (Phi) is 19.1. The lowest BCUT2D eigenvalue weighted by Crippen LogP contribution is -2.47. The van der Waals surface area contributed by atoms with E-state index in [4.69, 9.17) is 9.47 Å². The lowest BCUT2D eigenvalue weighted by molar-refractivity contribution is -0.199. The number of likely N-dealkylation sites (N-methyl/N-ethyl adjacent to an activating group) is 2. The van der Waals surface area contributed by atoms with Crippen LogP contribution in [0.1, 0.15) is 114 Å². The number of likely N-dealkylation sites (tertiary alicyclic amines) is 1. The van der Waals surface area contributed by atoms with Crippen molar-refractivity contribution in [2.45, 2.75) is 133 Å². The van der Waals surface area contributed by atoms with Gasteiger partial charge in [0, 0.05) is 38.0 Å². The summed E-state index contributed by atoms with van der Waals surface area (Å²) in [5.74, 6) is 1.33. The first-order valence-corrected chi connectivity index (χ1v) is 18.3. The molecule has 3 heterocycles. The van der Waals surface area contributed by atoms with Crippen LogP contribution in [0.3, 0.4) is 0 Å². The Hall–Kier alpha value is -1.55. The average Bonchev–Trinajstić information content (AvgIpc) is 3.42. The van der Waals surface area contributed by atoms with Crippen LogP contribution in [0.15, 0.2) is 0 Å². The van der Waals surface area contributed by atoms with Crippen LogP contribution in [0.25, 0.3) is 0 Å². The third kappa shape index (κ3) is 13.5. The van der Waals surface area contributed by atoms with Crippen molar-refractivity contribution in [3.05, 3.63) is 0 Å². The number of esters is 1. The maximum absolute atomic E-state index is 13.3. The Morgan fingerprint density at radius 1 is 0.848 bits per heavy atom. The van der Waals surface area contributed by atoms with Gasteiger partial charge in [-0.05, 0) is 104 Å². The molecule has 0 radical (unpaired) electrons. The number of carbonyl (C=O) groups is 3. The summed E-state index contributed by atoms with van der Waals surface area (Å²) in [6.45, 7) is 24.4. The highest BCUT2D eigenvalue weighted by Crippen LogP contribution is 2.30. The molecule has 0 unspecified atom stereocenters. The summed E-state index contributed by atoms with van der Waals surface area (Å²) in [5.41, 5.74) is -1.13. The number of hydrogen-bond acceptors (Lipinski definition) is 8. The molecule has 0 aromatic heterocycles. The molecule has 3 aliphatic heterocycles. The van der Waals surface area contributed by atoms with Crippen LogP contribution < -0.4 is 0 Å². The number of rotatable bonds is 1. The molecule has 9 nitrogen and oxygen atoms in total. The van der Waals surface area contributed by atoms with E-state index >= 15 is 0 Å². The molecule has 3 fully saturated rings. The van der Waals surface area contributed by atoms with E-state index in [2.05, 4.69) is 37.6 Å². The maximum atomic E-state index is 13.3. The van der Waals surface area contributed by atoms with Crippen molar-refractivity contribution in [2.24, 2.45) is 35.0 Å². The van der Waals surface area contributed by atoms with Gasteiger partial charge in [0.25, 0.3) is 0 Å². The molecule has 0 aromatic carbocycles. The Balaban J connectivity index is 0.000000740. The standard InChI is InChI=1S/C27H49N3O4.C8H16O2.C2H6/c1-20-17-21(2)19-28(6)14-15-30(25(32)23-11-10-12-29(23)7)13-8-9-16-34-26(33)27(4,5)24(31)22(3)18-20;1-5-4-6(2)10-8(9)7(5)3;1-2/h20-23H,8-19H2,1-7H3;5-9H,4H2,1-3H3;1-2H3/t20-,21-,22-,23-;5-,6+,7+,8+;/m10./s1. The Morgan fingerprint density at radius 3 is 2.09 bits per heavy atom. The van der Waals surface area contributed by atoms with Gasteiger partial charge in [0.2, 0.25) is 5.91 Å². The van der Waals surface area contributed by atoms with E-state index in [1.165, 1.54) is 0 Å². The summed E-state index contributed by atoms with van der Waals surface area (Å²) >= 11 is 0. The highest BCUT2D eigenvalue weighted by molar-refractivity contribution is 6.03. The third-order valence-corrected chi connectivity index (χ3v) is 10.1. The first-order valence-electron chi connectivity index (χ1n) is 18.3. The molecule has 0 bridgehead atoms. The zero-order chi connectivity index (χ0) is 35.2. The summed E-state index contributed by atoms with van der Waals surface area (Å²) in [4.78, 5) is 45.6. The van der Waals surface area contributed by atoms with Gasteiger partial charge in [-0.3, -0.25) is 19.3 Å². The predicted molar refractivity (Wildman–Crippen MR) is 186 cm³/mol. The van der Waals surface area contributed by atoms with Gasteiger partial charge in [0.05, 0.1) is 18.8 Å². The largest absolute Gasteiger partial charge is 0.465 e. The van der Waals surface area contributed by atoms with Gasteiger partial charge in [-0.15, -0.1) is 0 Å². The van der Waals surface area contributed by atoms with Crippen LogP contribution >= 0.6 is 0 Å². The molecule has 3 saturated heterocycles. The highest BCUT2D eigenvalue weighted by atomic mass is 16.6. The van der Waals surface area contributed by atoms with Crippen LogP contribution in [0.4, 0.5) is 0 Å². The van der Waals surface area contributed by atoms with Crippen LogP contribution in [0, 0.1) is 35.0 Å². The molecule has 8 atom stereocenters. The van der Waals surface area contributed by atoms with E-state index in [1.54, 1.807) is 13.8 Å². The summed E-state index contributed by atoms with van der Waals surface area (Å²) in [5, 5.41) is 9.30. The van der Waals surface area contributed by atoms with Crippen molar-refractivity contribution in [1.82, 2.24) is 14.7 Å². The van der Waals surface area contributed by atoms with E-state index in [0.717, 1.165) is 64.7 Å². The molecular weight excluding hydrogens is 582 g/mol. The molecule has 0 aliphatic carbocycles. The third-order valence-electron chi connectivity index (χ3n) is 10.1. The molecular formula is C37H71N3O6. The average molecular weight is 654 g/mol. The van der Waals surface area contributed by atoms with Gasteiger partial charge < -0.3 is 24.4 Å². The van der Waals surface area contributed by atoms with Gasteiger partial charge >= 0.3 is 5.97 Å². The second-order valence-electron chi connectivity index (χ2n) is 15.1. The van der Waals surface area contributed by atoms with Crippen molar-refractivity contribution in [2.75, 3.05) is 53.4 Å². The molecule has 46 heavy (non-hydrogen) atoms. The second-order valence-corrected chi connectivity index (χ2v) is 15.1. The fourth-order valence-corrected chi connectivity index (χ4v) is 7.15. The molecule has 1 N–H and O–H groups in total. The number of ether oxygens (including phenoxy) is 2. The minimum absolute atomic E-state index is 0.0189. The number of aliphatic hydroxyl groups is 1. The number of hydrogen-bond donors (Lipinski definition) is 1. The number of nitrogens with zero attached hydrogens (tertiary/aromatic N) is 3. The Labute approximate surface area is 282 Å². The topological polar surface area (TPSA) is 99.6 Å². The summed E-state index contributed by atoms with van der Waals surface area (Å²) in [7, 11) is 4.17. The van der Waals surface area contributed by atoms with Gasteiger partial charge in [0.1, 0.15) is 5.41 Å². The van der Waals surface area contributed by atoms with E-state index in [-0.39, 0.29) is 42.3 Å². The smallest absolute Gasteiger partial charge is 0.319 e. The molecule has 0 saturated carbocycles. The maximum Gasteiger partial charge on any atom is 0.319 e. The lowest BCUT2D eigenvalue weighted by Gasteiger charge is -2.34. The van der Waals surface area contributed by atoms with Gasteiger partial charge in [0.15, 0.2) is 12.1 Å². The van der Waals surface area contributed by atoms with Crippen LogP contribution in [-0.4, -0.2) is 109 Å². The summed E-state index contributed by atoms with van der Waals surface area (Å²) < 4.78 is 10.7.